The molecule has 0 bridgehead atoms. The Morgan fingerprint density at radius 2 is 1.74 bits per heavy atom. The third-order valence-corrected chi connectivity index (χ3v) is 3.48. The molecule has 2 N–H and O–H groups in total. The van der Waals surface area contributed by atoms with Crippen LogP contribution in [0.2, 0.25) is 0 Å². The van der Waals surface area contributed by atoms with E-state index in [4.69, 9.17) is 4.42 Å². The Bertz CT molecular complexity index is 744. The van der Waals surface area contributed by atoms with Crippen LogP contribution in [0.1, 0.15) is 25.3 Å². The Morgan fingerprint density at radius 3 is 2.42 bits per heavy atom. The summed E-state index contributed by atoms with van der Waals surface area (Å²) in [6.07, 6.45) is 0. The maximum absolute atomic E-state index is 9.23. The number of fused-ring (bicyclic) bond motifs is 3. The average Bonchev–Trinajstić information content (AvgIpc) is 2.74. The molecule has 0 aliphatic rings. The third-order valence-electron chi connectivity index (χ3n) is 3.48. The Hall–Kier alpha value is -1.78. The van der Waals surface area contributed by atoms with Crippen molar-refractivity contribution >= 4 is 34.5 Å². The molecule has 1 aromatic heterocycles. The van der Waals surface area contributed by atoms with Crippen molar-refractivity contribution in [3.05, 3.63) is 42.0 Å². The van der Waals surface area contributed by atoms with E-state index in [1.165, 1.54) is 5.56 Å². The molecule has 0 atom stereocenters. The lowest BCUT2D eigenvalue weighted by Crippen LogP contribution is -2.29. The Labute approximate surface area is 111 Å². The molecular formula is C15H15BO3. The van der Waals surface area contributed by atoms with Crippen molar-refractivity contribution < 1.29 is 14.5 Å². The lowest BCUT2D eigenvalue weighted by atomic mass is 9.80. The standard InChI is InChI=1S/C15H15BO3/c1-9(2)10-3-5-12-13-8-11(16(17)18)4-6-14(13)19-15(12)7-10/h3-9,17-18H,1-2H3. The molecule has 3 aromatic rings. The van der Waals surface area contributed by atoms with Gasteiger partial charge < -0.3 is 14.5 Å². The van der Waals surface area contributed by atoms with Crippen LogP contribution >= 0.6 is 0 Å². The van der Waals surface area contributed by atoms with Gasteiger partial charge in [0, 0.05) is 10.8 Å². The van der Waals surface area contributed by atoms with Crippen molar-refractivity contribution in [2.75, 3.05) is 0 Å². The van der Waals surface area contributed by atoms with Crippen LogP contribution < -0.4 is 5.46 Å². The summed E-state index contributed by atoms with van der Waals surface area (Å²) >= 11 is 0. The quantitative estimate of drug-likeness (QED) is 0.690. The van der Waals surface area contributed by atoms with E-state index >= 15 is 0 Å². The van der Waals surface area contributed by atoms with Gasteiger partial charge in [-0.1, -0.05) is 38.1 Å². The SMILES string of the molecule is CC(C)c1ccc2c(c1)oc1ccc(B(O)O)cc12. The average molecular weight is 254 g/mol. The second-order valence-electron chi connectivity index (χ2n) is 5.14. The van der Waals surface area contributed by atoms with Crippen LogP contribution in [-0.2, 0) is 0 Å². The molecular weight excluding hydrogens is 239 g/mol. The van der Waals surface area contributed by atoms with E-state index in [1.807, 2.05) is 6.07 Å². The first-order valence-corrected chi connectivity index (χ1v) is 6.38. The summed E-state index contributed by atoms with van der Waals surface area (Å²) in [6.45, 7) is 4.29. The molecule has 0 saturated carbocycles. The van der Waals surface area contributed by atoms with E-state index in [1.54, 1.807) is 18.2 Å². The highest BCUT2D eigenvalue weighted by atomic mass is 16.4. The largest absolute Gasteiger partial charge is 0.488 e. The zero-order valence-corrected chi connectivity index (χ0v) is 10.9. The lowest BCUT2D eigenvalue weighted by Gasteiger charge is -2.03. The molecule has 0 aliphatic heterocycles. The first-order valence-electron chi connectivity index (χ1n) is 6.38. The summed E-state index contributed by atoms with van der Waals surface area (Å²) < 4.78 is 5.81. The summed E-state index contributed by atoms with van der Waals surface area (Å²) in [5.74, 6) is 0.451. The van der Waals surface area contributed by atoms with Gasteiger partial charge in [0.1, 0.15) is 11.2 Å². The smallest absolute Gasteiger partial charge is 0.456 e. The van der Waals surface area contributed by atoms with E-state index in [-0.39, 0.29) is 0 Å². The molecule has 0 unspecified atom stereocenters. The Morgan fingerprint density at radius 1 is 0.947 bits per heavy atom. The van der Waals surface area contributed by atoms with E-state index in [0.717, 1.165) is 21.9 Å². The van der Waals surface area contributed by atoms with Gasteiger partial charge in [-0.25, -0.2) is 0 Å². The molecule has 0 saturated heterocycles. The summed E-state index contributed by atoms with van der Waals surface area (Å²) in [4.78, 5) is 0. The Kier molecular flexibility index (Phi) is 2.84. The minimum Gasteiger partial charge on any atom is -0.456 e. The fourth-order valence-corrected chi connectivity index (χ4v) is 2.33. The summed E-state index contributed by atoms with van der Waals surface area (Å²) in [5, 5.41) is 20.4. The number of rotatable bonds is 2. The second kappa shape index (κ2) is 4.40. The van der Waals surface area contributed by atoms with Crippen molar-refractivity contribution in [1.82, 2.24) is 0 Å². The number of furan rings is 1. The van der Waals surface area contributed by atoms with Crippen LogP contribution in [0.15, 0.2) is 40.8 Å². The number of benzene rings is 2. The minimum absolute atomic E-state index is 0.451. The van der Waals surface area contributed by atoms with Crippen molar-refractivity contribution in [2.45, 2.75) is 19.8 Å². The van der Waals surface area contributed by atoms with Crippen LogP contribution in [0.25, 0.3) is 21.9 Å². The van der Waals surface area contributed by atoms with Gasteiger partial charge in [-0.15, -0.1) is 0 Å². The third kappa shape index (κ3) is 2.03. The topological polar surface area (TPSA) is 53.6 Å². The van der Waals surface area contributed by atoms with Crippen LogP contribution in [-0.4, -0.2) is 17.2 Å². The van der Waals surface area contributed by atoms with Crippen LogP contribution in [0, 0.1) is 0 Å². The highest BCUT2D eigenvalue weighted by molar-refractivity contribution is 6.59. The zero-order valence-electron chi connectivity index (χ0n) is 10.9. The maximum atomic E-state index is 9.23. The molecule has 0 spiro atoms. The van der Waals surface area contributed by atoms with Crippen molar-refractivity contribution in [1.29, 1.82) is 0 Å². The van der Waals surface area contributed by atoms with Crippen LogP contribution in [0.3, 0.4) is 0 Å². The van der Waals surface area contributed by atoms with Gasteiger partial charge in [-0.2, -0.15) is 0 Å². The number of hydrogen-bond donors (Lipinski definition) is 2. The number of hydrogen-bond acceptors (Lipinski definition) is 3. The predicted molar refractivity (Wildman–Crippen MR) is 77.6 cm³/mol. The minimum atomic E-state index is -1.45. The second-order valence-corrected chi connectivity index (χ2v) is 5.14. The van der Waals surface area contributed by atoms with Gasteiger partial charge in [0.05, 0.1) is 0 Å². The van der Waals surface area contributed by atoms with Gasteiger partial charge in [0.2, 0.25) is 0 Å². The molecule has 0 amide bonds. The molecule has 19 heavy (non-hydrogen) atoms. The van der Waals surface area contributed by atoms with Gasteiger partial charge in [-0.05, 0) is 29.1 Å². The monoisotopic (exact) mass is 254 g/mol. The van der Waals surface area contributed by atoms with E-state index in [2.05, 4.69) is 26.0 Å². The summed E-state index contributed by atoms with van der Waals surface area (Å²) in [6, 6.07) is 11.4. The normalized spacial score (nSPS) is 11.6. The van der Waals surface area contributed by atoms with Gasteiger partial charge in [-0.3, -0.25) is 0 Å². The molecule has 96 valence electrons. The first kappa shape index (κ1) is 12.3. The highest BCUT2D eigenvalue weighted by Gasteiger charge is 2.14. The highest BCUT2D eigenvalue weighted by Crippen LogP contribution is 2.30. The van der Waals surface area contributed by atoms with Crippen molar-refractivity contribution in [3.63, 3.8) is 0 Å². The predicted octanol–water partition coefficient (Wildman–Crippen LogP) is 2.39. The molecule has 0 radical (unpaired) electrons. The fourth-order valence-electron chi connectivity index (χ4n) is 2.33. The molecule has 1 heterocycles. The first-order chi connectivity index (χ1) is 9.06. The lowest BCUT2D eigenvalue weighted by molar-refractivity contribution is 0.426. The molecule has 4 heteroatoms. The van der Waals surface area contributed by atoms with E-state index in [0.29, 0.717) is 11.4 Å². The van der Waals surface area contributed by atoms with Crippen molar-refractivity contribution in [2.24, 2.45) is 0 Å². The van der Waals surface area contributed by atoms with Gasteiger partial charge >= 0.3 is 7.12 Å². The Balaban J connectivity index is 2.27. The fraction of sp³-hybridized carbons (Fsp3) is 0.200. The zero-order chi connectivity index (χ0) is 13.6. The maximum Gasteiger partial charge on any atom is 0.488 e. The summed E-state index contributed by atoms with van der Waals surface area (Å²) in [7, 11) is -1.45. The van der Waals surface area contributed by atoms with Crippen molar-refractivity contribution in [3.8, 4) is 0 Å². The molecule has 0 aliphatic carbocycles. The van der Waals surface area contributed by atoms with E-state index in [9.17, 15) is 10.0 Å². The summed E-state index contributed by atoms with van der Waals surface area (Å²) in [5.41, 5.74) is 3.31. The van der Waals surface area contributed by atoms with Crippen LogP contribution in [0.4, 0.5) is 0 Å². The molecule has 2 aromatic carbocycles. The van der Waals surface area contributed by atoms with Gasteiger partial charge in [0.15, 0.2) is 0 Å². The molecule has 3 nitrogen and oxygen atoms in total. The van der Waals surface area contributed by atoms with E-state index < -0.39 is 7.12 Å². The molecule has 3 rings (SSSR count). The van der Waals surface area contributed by atoms with Crippen LogP contribution in [0.5, 0.6) is 0 Å². The molecule has 0 fully saturated rings. The van der Waals surface area contributed by atoms with Gasteiger partial charge in [0.25, 0.3) is 0 Å².